The first kappa shape index (κ1) is 23.6. The van der Waals surface area contributed by atoms with Gasteiger partial charge in [0.1, 0.15) is 6.54 Å². The van der Waals surface area contributed by atoms with Crippen LogP contribution in [0.1, 0.15) is 95.8 Å². The van der Waals surface area contributed by atoms with E-state index in [0.29, 0.717) is 11.8 Å². The highest BCUT2D eigenvalue weighted by Gasteiger charge is 2.57. The van der Waals surface area contributed by atoms with Crippen molar-refractivity contribution in [3.8, 4) is 0 Å². The number of carbonyl (C=O) groups is 1. The smallest absolute Gasteiger partial charge is 0.311 e. The van der Waals surface area contributed by atoms with Gasteiger partial charge in [-0.05, 0) is 100 Å². The van der Waals surface area contributed by atoms with Gasteiger partial charge in [0.25, 0.3) is 0 Å². The number of aryl methyl sites for hydroxylation is 1. The molecule has 178 valence electrons. The highest BCUT2D eigenvalue weighted by Crippen LogP contribution is 2.62. The van der Waals surface area contributed by atoms with Crippen molar-refractivity contribution in [2.45, 2.75) is 103 Å². The Labute approximate surface area is 194 Å². The zero-order chi connectivity index (χ0) is 22.8. The molecule has 1 aromatic rings. The van der Waals surface area contributed by atoms with E-state index < -0.39 is 0 Å². The van der Waals surface area contributed by atoms with Crippen LogP contribution in [0.4, 0.5) is 0 Å². The Kier molecular flexibility index (Phi) is 7.19. The topological polar surface area (TPSA) is 56.0 Å². The van der Waals surface area contributed by atoms with Crippen LogP contribution in [0, 0.1) is 22.7 Å². The summed E-state index contributed by atoms with van der Waals surface area (Å²) in [7, 11) is 1.55. The quantitative estimate of drug-likeness (QED) is 0.444. The third-order valence-corrected chi connectivity index (χ3v) is 9.50. The van der Waals surface area contributed by atoms with Crippen molar-refractivity contribution in [2.24, 2.45) is 22.7 Å². The lowest BCUT2D eigenvalue weighted by molar-refractivity contribution is -0.708. The van der Waals surface area contributed by atoms with Crippen LogP contribution in [0.25, 0.3) is 0 Å². The van der Waals surface area contributed by atoms with Crippen LogP contribution in [0.2, 0.25) is 0 Å². The molecule has 0 aliphatic heterocycles. The lowest BCUT2D eigenvalue weighted by Crippen LogP contribution is -2.88. The number of carbonyl (C=O) groups excluding carboxylic acids is 1. The first-order valence-corrected chi connectivity index (χ1v) is 13.0. The molecule has 0 aromatic carbocycles. The fourth-order valence-corrected chi connectivity index (χ4v) is 7.67. The number of fused-ring (bicyclic) bond motifs is 1. The molecule has 4 nitrogen and oxygen atoms in total. The molecular weight excluding hydrogens is 398 g/mol. The molecule has 0 saturated heterocycles. The van der Waals surface area contributed by atoms with E-state index in [1.54, 1.807) is 7.11 Å². The molecule has 1 aromatic heterocycles. The van der Waals surface area contributed by atoms with Crippen LogP contribution in [0.3, 0.4) is 0 Å². The van der Waals surface area contributed by atoms with Crippen molar-refractivity contribution < 1.29 is 19.3 Å². The van der Waals surface area contributed by atoms with Gasteiger partial charge in [-0.2, -0.15) is 0 Å². The summed E-state index contributed by atoms with van der Waals surface area (Å²) in [5, 5.41) is 2.50. The SMILES string of the molecule is C=C1CC[C@H]2[C@@](C)(CCC[C@]2(C)C(=O)OC)[C@H]1CCc1ccoc1C[NH2+]C1CCCCC1. The summed E-state index contributed by atoms with van der Waals surface area (Å²) in [6.45, 7) is 10.1. The van der Waals surface area contributed by atoms with Gasteiger partial charge in [-0.1, -0.05) is 31.9 Å². The van der Waals surface area contributed by atoms with Gasteiger partial charge < -0.3 is 14.5 Å². The molecule has 0 bridgehead atoms. The zero-order valence-electron chi connectivity index (χ0n) is 20.6. The average Bonchev–Trinajstić information content (AvgIpc) is 3.24. The summed E-state index contributed by atoms with van der Waals surface area (Å²) < 4.78 is 11.2. The second kappa shape index (κ2) is 9.75. The first-order valence-electron chi connectivity index (χ1n) is 13.0. The van der Waals surface area contributed by atoms with Gasteiger partial charge >= 0.3 is 5.97 Å². The molecule has 2 N–H and O–H groups in total. The molecule has 32 heavy (non-hydrogen) atoms. The summed E-state index contributed by atoms with van der Waals surface area (Å²) in [4.78, 5) is 12.8. The fraction of sp³-hybridized carbons (Fsp3) is 0.750. The van der Waals surface area contributed by atoms with Crippen LogP contribution in [0.5, 0.6) is 0 Å². The number of furan rings is 1. The Bertz CT molecular complexity index is 807. The normalized spacial score (nSPS) is 33.7. The highest BCUT2D eigenvalue weighted by atomic mass is 16.5. The number of esters is 1. The Balaban J connectivity index is 1.44. The van der Waals surface area contributed by atoms with Crippen molar-refractivity contribution in [1.29, 1.82) is 0 Å². The summed E-state index contributed by atoms with van der Waals surface area (Å²) in [5.74, 6) is 1.96. The second-order valence-corrected chi connectivity index (χ2v) is 11.3. The van der Waals surface area contributed by atoms with Gasteiger partial charge in [0.2, 0.25) is 0 Å². The van der Waals surface area contributed by atoms with Gasteiger partial charge in [0, 0.05) is 0 Å². The molecule has 0 unspecified atom stereocenters. The maximum Gasteiger partial charge on any atom is 0.311 e. The van der Waals surface area contributed by atoms with E-state index in [2.05, 4.69) is 31.8 Å². The number of hydrogen-bond donors (Lipinski definition) is 1. The van der Waals surface area contributed by atoms with Crippen LogP contribution in [-0.2, 0) is 22.5 Å². The minimum Gasteiger partial charge on any atom is -0.469 e. The highest BCUT2D eigenvalue weighted by molar-refractivity contribution is 5.77. The molecule has 4 heteroatoms. The molecule has 3 aliphatic rings. The van der Waals surface area contributed by atoms with E-state index >= 15 is 0 Å². The molecule has 3 saturated carbocycles. The minimum absolute atomic E-state index is 0.0185. The Morgan fingerprint density at radius 2 is 1.97 bits per heavy atom. The third kappa shape index (κ3) is 4.44. The average molecular weight is 443 g/mol. The van der Waals surface area contributed by atoms with Gasteiger partial charge in [-0.25, -0.2) is 0 Å². The number of rotatable bonds is 7. The molecule has 3 aliphatic carbocycles. The maximum absolute atomic E-state index is 12.8. The Morgan fingerprint density at radius 3 is 2.72 bits per heavy atom. The standard InChI is InChI=1S/C28H43NO3/c1-20-11-14-25-27(2,16-8-17-28(25,3)26(30)31-4)23(20)13-12-21-15-18-32-24(21)19-29-22-9-6-5-7-10-22/h15,18,22-23,25,29H,1,5-14,16-17,19H2,2-4H3/p+1/t23-,25-,27-,28-/m0/s1. The maximum atomic E-state index is 12.8. The summed E-state index contributed by atoms with van der Waals surface area (Å²) in [5.41, 5.74) is 2.50. The van der Waals surface area contributed by atoms with E-state index in [0.717, 1.165) is 56.9 Å². The molecule has 4 atom stereocenters. The predicted octanol–water partition coefficient (Wildman–Crippen LogP) is 5.56. The lowest BCUT2D eigenvalue weighted by Gasteiger charge is -2.57. The number of hydrogen-bond acceptors (Lipinski definition) is 3. The summed E-state index contributed by atoms with van der Waals surface area (Å²) in [6.07, 6.45) is 16.2. The third-order valence-electron chi connectivity index (χ3n) is 9.50. The van der Waals surface area contributed by atoms with Crippen molar-refractivity contribution >= 4 is 5.97 Å². The number of ether oxygens (including phenoxy) is 1. The van der Waals surface area contributed by atoms with Gasteiger partial charge in [-0.3, -0.25) is 4.79 Å². The summed E-state index contributed by atoms with van der Waals surface area (Å²) >= 11 is 0. The minimum atomic E-state index is -0.365. The van der Waals surface area contributed by atoms with Gasteiger partial charge in [-0.15, -0.1) is 0 Å². The van der Waals surface area contributed by atoms with E-state index in [9.17, 15) is 4.79 Å². The lowest BCUT2D eigenvalue weighted by atomic mass is 9.46. The molecule has 3 fully saturated rings. The van der Waals surface area contributed by atoms with Crippen molar-refractivity contribution in [1.82, 2.24) is 0 Å². The number of nitrogens with two attached hydrogens (primary N) is 1. The van der Waals surface area contributed by atoms with Gasteiger partial charge in [0.15, 0.2) is 5.76 Å². The monoisotopic (exact) mass is 442 g/mol. The van der Waals surface area contributed by atoms with E-state index in [1.165, 1.54) is 49.7 Å². The molecule has 4 rings (SSSR count). The van der Waals surface area contributed by atoms with E-state index in [1.807, 2.05) is 6.26 Å². The van der Waals surface area contributed by atoms with Crippen molar-refractivity contribution in [2.75, 3.05) is 7.11 Å². The van der Waals surface area contributed by atoms with Crippen molar-refractivity contribution in [3.63, 3.8) is 0 Å². The van der Waals surface area contributed by atoms with Crippen LogP contribution in [0.15, 0.2) is 28.9 Å². The van der Waals surface area contributed by atoms with Crippen molar-refractivity contribution in [3.05, 3.63) is 35.8 Å². The second-order valence-electron chi connectivity index (χ2n) is 11.3. The van der Waals surface area contributed by atoms with Crippen LogP contribution < -0.4 is 5.32 Å². The number of allylic oxidation sites excluding steroid dienone is 1. The van der Waals surface area contributed by atoms with Crippen LogP contribution >= 0.6 is 0 Å². The predicted molar refractivity (Wildman–Crippen MR) is 127 cm³/mol. The summed E-state index contributed by atoms with van der Waals surface area (Å²) in [6, 6.07) is 2.94. The van der Waals surface area contributed by atoms with Gasteiger partial charge in [0.05, 0.1) is 24.8 Å². The fourth-order valence-electron chi connectivity index (χ4n) is 7.67. The Morgan fingerprint density at radius 1 is 1.19 bits per heavy atom. The Hall–Kier alpha value is -1.55. The molecule has 0 spiro atoms. The largest absolute Gasteiger partial charge is 0.469 e. The zero-order valence-corrected chi connectivity index (χ0v) is 20.6. The first-order chi connectivity index (χ1) is 15.4. The molecule has 1 heterocycles. The number of quaternary nitrogens is 1. The molecule has 0 amide bonds. The number of methoxy groups -OCH3 is 1. The van der Waals surface area contributed by atoms with E-state index in [-0.39, 0.29) is 16.8 Å². The molecular formula is C28H44NO3+. The van der Waals surface area contributed by atoms with Crippen LogP contribution in [-0.4, -0.2) is 19.1 Å². The molecule has 0 radical (unpaired) electrons. The van der Waals surface area contributed by atoms with E-state index in [4.69, 9.17) is 9.15 Å².